The van der Waals surface area contributed by atoms with Crippen molar-refractivity contribution in [2.45, 2.75) is 45.5 Å². The third kappa shape index (κ3) is 9.29. The highest BCUT2D eigenvalue weighted by atomic mass is 32.2. The molecule has 1 fully saturated rings. The van der Waals surface area contributed by atoms with Gasteiger partial charge in [-0.05, 0) is 46.9 Å². The van der Waals surface area contributed by atoms with Crippen LogP contribution in [0.15, 0.2) is 72.8 Å². The molecule has 1 heterocycles. The Bertz CT molecular complexity index is 1340. The molecule has 0 aliphatic carbocycles. The fourth-order valence-electron chi connectivity index (χ4n) is 4.91. The van der Waals surface area contributed by atoms with Gasteiger partial charge in [-0.2, -0.15) is 11.8 Å². The first kappa shape index (κ1) is 32.5. The number of aliphatic hydroxyl groups is 2. The Hall–Kier alpha value is -3.41. The lowest BCUT2D eigenvalue weighted by molar-refractivity contribution is -0.268. The summed E-state index contributed by atoms with van der Waals surface area (Å²) in [5.41, 5.74) is 5.62. The fourth-order valence-corrected chi connectivity index (χ4v) is 5.82. The summed E-state index contributed by atoms with van der Waals surface area (Å²) in [5, 5.41) is 24.0. The number of carbonyl (C=O) groups excluding carboxylic acids is 2. The number of benzene rings is 3. The Morgan fingerprint density at radius 2 is 1.65 bits per heavy atom. The van der Waals surface area contributed by atoms with Crippen LogP contribution in [0.5, 0.6) is 0 Å². The van der Waals surface area contributed by atoms with E-state index in [1.807, 2.05) is 66.7 Å². The van der Waals surface area contributed by atoms with Crippen molar-refractivity contribution >= 4 is 23.8 Å². The van der Waals surface area contributed by atoms with Gasteiger partial charge in [-0.3, -0.25) is 4.79 Å². The van der Waals surface area contributed by atoms with E-state index in [4.69, 9.17) is 14.2 Å². The minimum Gasteiger partial charge on any atom is -0.465 e. The topological polar surface area (TPSA) is 126 Å². The Kier molecular flexibility index (Phi) is 12.4. The standard InChI is InChI=1S/C33H40N2O7S/c1-3-40-30(38)19-35-33(39)34-18-24-6-4-7-26(16-24)27-8-5-9-28(17-27)32-41-29(21-43-15-14-36)22(2)31(42-32)25-12-10-23(20-37)11-13-25/h4-13,16-17,22,29,31-32,36-37H,3,14-15,18-21H2,1-2H3,(H2,34,35,39)/t22-,29+,31+,32+/m0/s1. The first-order chi connectivity index (χ1) is 20.9. The summed E-state index contributed by atoms with van der Waals surface area (Å²) < 4.78 is 17.9. The van der Waals surface area contributed by atoms with Gasteiger partial charge in [0.2, 0.25) is 0 Å². The number of ether oxygens (including phenoxy) is 3. The van der Waals surface area contributed by atoms with Crippen molar-refractivity contribution in [2.24, 2.45) is 5.92 Å². The third-order valence-corrected chi connectivity index (χ3v) is 8.25. The molecule has 1 aliphatic heterocycles. The Labute approximate surface area is 256 Å². The van der Waals surface area contributed by atoms with Crippen molar-refractivity contribution in [3.63, 3.8) is 0 Å². The zero-order valence-corrected chi connectivity index (χ0v) is 25.3. The zero-order valence-electron chi connectivity index (χ0n) is 24.5. The number of urea groups is 1. The summed E-state index contributed by atoms with van der Waals surface area (Å²) in [5.74, 6) is 0.960. The second-order valence-corrected chi connectivity index (χ2v) is 11.4. The van der Waals surface area contributed by atoms with Crippen molar-refractivity contribution in [2.75, 3.05) is 31.3 Å². The molecule has 4 rings (SSSR count). The molecule has 0 aromatic heterocycles. The molecule has 0 saturated carbocycles. The lowest BCUT2D eigenvalue weighted by atomic mass is 9.91. The first-order valence-corrected chi connectivity index (χ1v) is 15.6. The average molecular weight is 609 g/mol. The summed E-state index contributed by atoms with van der Waals surface area (Å²) in [7, 11) is 0. The lowest BCUT2D eigenvalue weighted by Gasteiger charge is -2.41. The van der Waals surface area contributed by atoms with Crippen LogP contribution in [-0.2, 0) is 32.2 Å². The number of amides is 2. The van der Waals surface area contributed by atoms with E-state index in [9.17, 15) is 19.8 Å². The van der Waals surface area contributed by atoms with Crippen molar-refractivity contribution < 1.29 is 34.0 Å². The van der Waals surface area contributed by atoms with Crippen LogP contribution in [-0.4, -0.2) is 59.6 Å². The van der Waals surface area contributed by atoms with E-state index >= 15 is 0 Å². The van der Waals surface area contributed by atoms with Crippen LogP contribution < -0.4 is 10.6 Å². The van der Waals surface area contributed by atoms with Gasteiger partial charge in [-0.15, -0.1) is 0 Å². The van der Waals surface area contributed by atoms with Crippen LogP contribution in [0, 0.1) is 5.92 Å². The molecule has 0 radical (unpaired) electrons. The third-order valence-electron chi connectivity index (χ3n) is 7.21. The Morgan fingerprint density at radius 3 is 2.37 bits per heavy atom. The maximum atomic E-state index is 12.1. The lowest BCUT2D eigenvalue weighted by Crippen LogP contribution is -2.38. The van der Waals surface area contributed by atoms with E-state index in [1.54, 1.807) is 18.7 Å². The molecule has 3 aromatic rings. The highest BCUT2D eigenvalue weighted by molar-refractivity contribution is 7.99. The predicted octanol–water partition coefficient (Wildman–Crippen LogP) is 4.73. The molecule has 0 spiro atoms. The summed E-state index contributed by atoms with van der Waals surface area (Å²) in [6, 6.07) is 23.3. The van der Waals surface area contributed by atoms with Gasteiger partial charge in [-0.25, -0.2) is 4.79 Å². The van der Waals surface area contributed by atoms with Gasteiger partial charge in [0.25, 0.3) is 0 Å². The number of hydrogen-bond donors (Lipinski definition) is 4. The van der Waals surface area contributed by atoms with Gasteiger partial charge < -0.3 is 35.1 Å². The maximum Gasteiger partial charge on any atom is 0.325 e. The van der Waals surface area contributed by atoms with Crippen molar-refractivity contribution in [1.82, 2.24) is 10.6 Å². The molecule has 0 unspecified atom stereocenters. The molecule has 1 saturated heterocycles. The highest BCUT2D eigenvalue weighted by Gasteiger charge is 2.38. The number of rotatable bonds is 13. The maximum absolute atomic E-state index is 12.1. The van der Waals surface area contributed by atoms with Crippen LogP contribution in [0.25, 0.3) is 11.1 Å². The molecule has 0 bridgehead atoms. The number of aliphatic hydroxyl groups excluding tert-OH is 2. The molecule has 10 heteroatoms. The van der Waals surface area contributed by atoms with Crippen LogP contribution in [0.4, 0.5) is 4.79 Å². The average Bonchev–Trinajstić information content (AvgIpc) is 3.04. The van der Waals surface area contributed by atoms with E-state index in [2.05, 4.69) is 23.6 Å². The Balaban J connectivity index is 1.49. The van der Waals surface area contributed by atoms with Gasteiger partial charge in [0, 0.05) is 29.5 Å². The van der Waals surface area contributed by atoms with Crippen LogP contribution in [0.2, 0.25) is 0 Å². The fraction of sp³-hybridized carbons (Fsp3) is 0.394. The van der Waals surface area contributed by atoms with E-state index in [1.165, 1.54) is 0 Å². The van der Waals surface area contributed by atoms with Crippen LogP contribution in [0.3, 0.4) is 0 Å². The number of hydrogen-bond acceptors (Lipinski definition) is 8. The second kappa shape index (κ2) is 16.4. The van der Waals surface area contributed by atoms with Crippen LogP contribution in [0.1, 0.15) is 48.5 Å². The summed E-state index contributed by atoms with van der Waals surface area (Å²) >= 11 is 1.66. The quantitative estimate of drug-likeness (QED) is 0.162. The van der Waals surface area contributed by atoms with Gasteiger partial charge in [0.05, 0.1) is 32.0 Å². The van der Waals surface area contributed by atoms with E-state index in [0.29, 0.717) is 12.3 Å². The highest BCUT2D eigenvalue weighted by Crippen LogP contribution is 2.43. The SMILES string of the molecule is CCOC(=O)CNC(=O)NCc1cccc(-c2cccc([C@@H]3O[C@H](CSCCO)[C@H](C)[C@H](c4ccc(CO)cc4)O3)c2)c1. The Morgan fingerprint density at radius 1 is 0.907 bits per heavy atom. The smallest absolute Gasteiger partial charge is 0.325 e. The molecule has 43 heavy (non-hydrogen) atoms. The monoisotopic (exact) mass is 608 g/mol. The number of esters is 1. The molecule has 3 aromatic carbocycles. The van der Waals surface area contributed by atoms with Crippen LogP contribution >= 0.6 is 11.8 Å². The van der Waals surface area contributed by atoms with Gasteiger partial charge >= 0.3 is 12.0 Å². The van der Waals surface area contributed by atoms with E-state index in [0.717, 1.165) is 39.1 Å². The predicted molar refractivity (Wildman–Crippen MR) is 166 cm³/mol. The van der Waals surface area contributed by atoms with E-state index in [-0.39, 0.29) is 44.5 Å². The molecule has 4 atom stereocenters. The van der Waals surface area contributed by atoms with Crippen molar-refractivity contribution in [3.8, 4) is 11.1 Å². The molecular formula is C33H40N2O7S. The van der Waals surface area contributed by atoms with E-state index < -0.39 is 18.3 Å². The molecule has 1 aliphatic rings. The zero-order chi connectivity index (χ0) is 30.6. The van der Waals surface area contributed by atoms with Gasteiger partial charge in [0.1, 0.15) is 6.54 Å². The molecule has 9 nitrogen and oxygen atoms in total. The molecule has 4 N–H and O–H groups in total. The van der Waals surface area contributed by atoms with Crippen molar-refractivity contribution in [1.29, 1.82) is 0 Å². The number of thioether (sulfide) groups is 1. The minimum atomic E-state index is -0.591. The largest absolute Gasteiger partial charge is 0.465 e. The summed E-state index contributed by atoms with van der Waals surface area (Å²) in [4.78, 5) is 23.6. The van der Waals surface area contributed by atoms with Crippen molar-refractivity contribution in [3.05, 3.63) is 95.1 Å². The summed E-state index contributed by atoms with van der Waals surface area (Å²) in [6.45, 7) is 4.30. The van der Waals surface area contributed by atoms with Gasteiger partial charge in [-0.1, -0.05) is 67.6 Å². The second-order valence-electron chi connectivity index (χ2n) is 10.3. The summed E-state index contributed by atoms with van der Waals surface area (Å²) in [6.07, 6.45) is -0.892. The van der Waals surface area contributed by atoms with Gasteiger partial charge in [0.15, 0.2) is 6.29 Å². The molecular weight excluding hydrogens is 568 g/mol. The number of carbonyl (C=O) groups is 2. The number of nitrogens with one attached hydrogen (secondary N) is 2. The first-order valence-electron chi connectivity index (χ1n) is 14.5. The molecule has 230 valence electrons. The normalized spacial score (nSPS) is 19.9. The minimum absolute atomic E-state index is 0.0136. The molecule has 2 amide bonds.